The maximum atomic E-state index is 14.0. The van der Waals surface area contributed by atoms with Gasteiger partial charge in [-0.3, -0.25) is 9.59 Å². The van der Waals surface area contributed by atoms with Gasteiger partial charge in [-0.1, -0.05) is 27.7 Å². The minimum Gasteiger partial charge on any atom is -0.504 e. The molecule has 0 unspecified atom stereocenters. The van der Waals surface area contributed by atoms with Crippen LogP contribution in [0.2, 0.25) is 0 Å². The predicted molar refractivity (Wildman–Crippen MR) is 227 cm³/mol. The summed E-state index contributed by atoms with van der Waals surface area (Å²) in [5.74, 6) is 3.02. The number of carbonyl (C=O) groups is 2. The minimum absolute atomic E-state index is 0.0413. The third kappa shape index (κ3) is 11.1. The number of phenols is 1. The molecule has 5 heterocycles. The topological polar surface area (TPSA) is 185 Å². The predicted octanol–water partition coefficient (Wildman–Crippen LogP) is 5.93. The molecule has 12 nitrogen and oxygen atoms in total. The molecule has 0 aromatic heterocycles. The Morgan fingerprint density at radius 2 is 1.89 bits per heavy atom. The number of nitrogens with two attached hydrogens (primary N) is 2. The maximum absolute atomic E-state index is 14.0. The summed E-state index contributed by atoms with van der Waals surface area (Å²) in [5, 5.41) is 30.3. The van der Waals surface area contributed by atoms with Gasteiger partial charge in [0.15, 0.2) is 17.5 Å². The number of dihydropyridines is 1. The van der Waals surface area contributed by atoms with Crippen molar-refractivity contribution < 1.29 is 29.3 Å². The number of fused-ring (bicyclic) bond motifs is 16. The Morgan fingerprint density at radius 3 is 2.70 bits per heavy atom. The number of guanidine groups is 1. The van der Waals surface area contributed by atoms with Crippen molar-refractivity contribution in [2.45, 2.75) is 146 Å². The second-order valence-corrected chi connectivity index (χ2v) is 20.2. The van der Waals surface area contributed by atoms with E-state index >= 15 is 0 Å². The number of nitrogens with zero attached hydrogens (tertiary/aromatic N) is 2. The lowest BCUT2D eigenvalue weighted by Gasteiger charge is -2.31. The van der Waals surface area contributed by atoms with Gasteiger partial charge in [-0.2, -0.15) is 0 Å². The van der Waals surface area contributed by atoms with Crippen molar-refractivity contribution in [2.75, 3.05) is 25.5 Å². The van der Waals surface area contributed by atoms with Gasteiger partial charge in [0, 0.05) is 67.7 Å². The molecule has 2 saturated carbocycles. The van der Waals surface area contributed by atoms with Gasteiger partial charge in [-0.15, -0.1) is 0 Å². The molecular formula is C43H64N6O6S2. The molecule has 0 radical (unpaired) electrons. The van der Waals surface area contributed by atoms with Crippen LogP contribution in [0.25, 0.3) is 0 Å². The van der Waals surface area contributed by atoms with Crippen molar-refractivity contribution in [1.29, 1.82) is 0 Å². The summed E-state index contributed by atoms with van der Waals surface area (Å²) in [4.78, 5) is 32.8. The number of esters is 1. The third-order valence-electron chi connectivity index (χ3n) is 13.3. The van der Waals surface area contributed by atoms with Crippen molar-refractivity contribution in [2.24, 2.45) is 33.7 Å². The molecule has 5 aliphatic heterocycles. The molecule has 8 N–H and O–H groups in total. The summed E-state index contributed by atoms with van der Waals surface area (Å²) in [6, 6.07) is 2.06. The van der Waals surface area contributed by atoms with Crippen molar-refractivity contribution >= 4 is 39.4 Å². The number of aryl methyl sites for hydroxylation is 1. The number of aromatic hydroxyl groups is 1. The number of rotatable bonds is 3. The molecule has 2 aliphatic carbocycles. The first-order valence-corrected chi connectivity index (χ1v) is 23.8. The van der Waals surface area contributed by atoms with Crippen LogP contribution in [0.4, 0.5) is 0 Å². The Balaban J connectivity index is 1.18. The molecule has 1 aromatic carbocycles. The highest BCUT2D eigenvalue weighted by molar-refractivity contribution is 8.76. The Morgan fingerprint density at radius 1 is 1.07 bits per heavy atom. The molecule has 3 fully saturated rings. The first-order chi connectivity index (χ1) is 27.5. The standard InChI is InChI=1S/C43H64N6O6S2/c1-27(50)54-34-11-8-31-20-32(40(53)41-36(31)14-9-30-3-2-4-37(30)55-41)24-49-25-43(23-39(49)52,22-29-15-17-46-38(44)19-29)16-18-47-42(45)48-26-56-57-35-12-6-28(7-13-35)5-10-33(51)21-34/h15,19-20,28,30,33-35,37,46,51,53H,2-14,16-18,21-26,44H2,1H3,(H3,45,47,48)/t28?,30-,33+,34-,35?,37+,43+/m1/s1. The van der Waals surface area contributed by atoms with Gasteiger partial charge in [0.05, 0.1) is 17.8 Å². The minimum atomic E-state index is -0.559. The lowest BCUT2D eigenvalue weighted by atomic mass is 9.77. The van der Waals surface area contributed by atoms with E-state index in [9.17, 15) is 19.8 Å². The summed E-state index contributed by atoms with van der Waals surface area (Å²) in [6.07, 6.45) is 17.7. The number of allylic oxidation sites excluding steroid dienone is 2. The average molecular weight is 825 g/mol. The van der Waals surface area contributed by atoms with E-state index in [4.69, 9.17) is 20.9 Å². The van der Waals surface area contributed by atoms with Crippen molar-refractivity contribution in [3.8, 4) is 11.5 Å². The molecule has 14 heteroatoms. The molecule has 1 aromatic rings. The normalized spacial score (nSPS) is 31.9. The van der Waals surface area contributed by atoms with Crippen LogP contribution in [0.1, 0.15) is 120 Å². The number of phenolic OH excluding ortho intramolecular Hbond substituents is 1. The SMILES string of the molecule is CC(=O)O[C@@H]1CCc2cc(c(O)c3c2CC[C@H]2CCC[C@@H]2O3)CN2C[C@](CC3=CCNC(N)=C3)(CCNC(N)=NCSSC3CCC(CC3)CC[C@H](O)C1)CC2=O. The van der Waals surface area contributed by atoms with E-state index < -0.39 is 12.2 Å². The molecule has 7 aliphatic rings. The number of hydrogen-bond donors (Lipinski definition) is 6. The van der Waals surface area contributed by atoms with Gasteiger partial charge in [0.1, 0.15) is 12.2 Å². The molecule has 57 heavy (non-hydrogen) atoms. The smallest absolute Gasteiger partial charge is 0.302 e. The fourth-order valence-electron chi connectivity index (χ4n) is 10.3. The summed E-state index contributed by atoms with van der Waals surface area (Å²) in [6.45, 7) is 3.42. The highest BCUT2D eigenvalue weighted by Crippen LogP contribution is 2.47. The van der Waals surface area contributed by atoms with Crippen LogP contribution >= 0.6 is 21.6 Å². The van der Waals surface area contributed by atoms with Crippen LogP contribution in [0.3, 0.4) is 0 Å². The van der Waals surface area contributed by atoms with Gasteiger partial charge in [-0.25, -0.2) is 4.99 Å². The highest BCUT2D eigenvalue weighted by Gasteiger charge is 2.44. The molecule has 314 valence electrons. The second kappa shape index (κ2) is 19.2. The highest BCUT2D eigenvalue weighted by atomic mass is 33.1. The molecule has 0 spiro atoms. The zero-order chi connectivity index (χ0) is 39.9. The number of amides is 1. The van der Waals surface area contributed by atoms with Crippen molar-refractivity contribution in [3.05, 3.63) is 46.3 Å². The van der Waals surface area contributed by atoms with E-state index in [2.05, 4.69) is 27.8 Å². The molecule has 8 rings (SSSR count). The monoisotopic (exact) mass is 824 g/mol. The zero-order valence-corrected chi connectivity index (χ0v) is 35.3. The Bertz CT molecular complexity index is 1700. The number of nitrogens with one attached hydrogen (secondary N) is 2. The van der Waals surface area contributed by atoms with Gasteiger partial charge in [-0.05, 0) is 131 Å². The van der Waals surface area contributed by atoms with Crippen LogP contribution in [0.15, 0.2) is 34.6 Å². The van der Waals surface area contributed by atoms with E-state index in [0.717, 1.165) is 80.9 Å². The van der Waals surface area contributed by atoms with Crippen LogP contribution < -0.4 is 26.8 Å². The third-order valence-corrected chi connectivity index (χ3v) is 15.9. The number of aliphatic hydroxyl groups is 1. The summed E-state index contributed by atoms with van der Waals surface area (Å²) in [5.41, 5.74) is 16.0. The van der Waals surface area contributed by atoms with Crippen LogP contribution in [-0.2, 0) is 33.7 Å². The summed E-state index contributed by atoms with van der Waals surface area (Å²) < 4.78 is 12.6. The Kier molecular flexibility index (Phi) is 14.1. The average Bonchev–Trinajstić information content (AvgIpc) is 3.69. The zero-order valence-electron chi connectivity index (χ0n) is 33.6. The number of ether oxygens (including phenoxy) is 2. The van der Waals surface area contributed by atoms with Gasteiger partial charge in [0.2, 0.25) is 5.91 Å². The van der Waals surface area contributed by atoms with Crippen molar-refractivity contribution in [3.63, 3.8) is 0 Å². The van der Waals surface area contributed by atoms with E-state index in [1.807, 2.05) is 21.8 Å². The molecule has 5 atom stereocenters. The first-order valence-electron chi connectivity index (χ1n) is 21.4. The number of carbonyl (C=O) groups excluding carboxylic acids is 2. The van der Waals surface area contributed by atoms with Gasteiger partial charge in [0.25, 0.3) is 0 Å². The Labute approximate surface area is 346 Å². The van der Waals surface area contributed by atoms with E-state index in [1.165, 1.54) is 6.92 Å². The number of hydrogen-bond acceptors (Lipinski definition) is 13. The molecule has 1 amide bonds. The molecule has 1 saturated heterocycles. The largest absolute Gasteiger partial charge is 0.504 e. The van der Waals surface area contributed by atoms with E-state index in [-0.39, 0.29) is 35.7 Å². The van der Waals surface area contributed by atoms with E-state index in [1.54, 1.807) is 10.8 Å². The quantitative estimate of drug-likeness (QED) is 0.156. The fraction of sp³-hybridized carbons (Fsp3) is 0.698. The lowest BCUT2D eigenvalue weighted by Crippen LogP contribution is -2.37. The Hall–Kier alpha value is -3.23. The molecular weight excluding hydrogens is 761 g/mol. The van der Waals surface area contributed by atoms with Crippen LogP contribution in [0, 0.1) is 17.3 Å². The summed E-state index contributed by atoms with van der Waals surface area (Å²) >= 11 is 0. The summed E-state index contributed by atoms with van der Waals surface area (Å²) in [7, 11) is 3.64. The second-order valence-electron chi connectivity index (χ2n) is 17.5. The van der Waals surface area contributed by atoms with E-state index in [0.29, 0.717) is 111 Å². The lowest BCUT2D eigenvalue weighted by molar-refractivity contribution is -0.148. The number of aliphatic hydroxyl groups excluding tert-OH is 1. The van der Waals surface area contributed by atoms with Crippen LogP contribution in [0.5, 0.6) is 11.5 Å². The van der Waals surface area contributed by atoms with Gasteiger partial charge >= 0.3 is 5.97 Å². The van der Waals surface area contributed by atoms with Crippen LogP contribution in [-0.4, -0.2) is 82.0 Å². The fourth-order valence-corrected chi connectivity index (χ4v) is 12.7. The maximum Gasteiger partial charge on any atom is 0.302 e. The molecule has 6 bridgehead atoms. The van der Waals surface area contributed by atoms with Gasteiger partial charge < -0.3 is 46.7 Å². The number of benzene rings is 1. The number of aliphatic imine (C=N–C) groups is 1. The first kappa shape index (κ1) is 41.9. The van der Waals surface area contributed by atoms with Crippen molar-refractivity contribution in [1.82, 2.24) is 15.5 Å².